The lowest BCUT2D eigenvalue weighted by Crippen LogP contribution is -2.45. The van der Waals surface area contributed by atoms with E-state index in [1.807, 2.05) is 37.4 Å². The fraction of sp³-hybridized carbons (Fsp3) is 0.462. The van der Waals surface area contributed by atoms with E-state index < -0.39 is 0 Å². The number of alkyl carbamates (subject to hydrolysis) is 1. The van der Waals surface area contributed by atoms with Gasteiger partial charge in [0.25, 0.3) is 0 Å². The molecule has 2 rings (SSSR count). The van der Waals surface area contributed by atoms with Crippen molar-refractivity contribution < 1.29 is 9.53 Å². The predicted octanol–water partition coefficient (Wildman–Crippen LogP) is 1.66. The van der Waals surface area contributed by atoms with Gasteiger partial charge in [0, 0.05) is 12.6 Å². The van der Waals surface area contributed by atoms with E-state index in [0.29, 0.717) is 12.6 Å². The zero-order valence-electron chi connectivity index (χ0n) is 9.98. The summed E-state index contributed by atoms with van der Waals surface area (Å²) in [7, 11) is 1.93. The highest BCUT2D eigenvalue weighted by molar-refractivity contribution is 5.67. The van der Waals surface area contributed by atoms with E-state index in [1.165, 1.54) is 0 Å². The molecule has 0 unspecified atom stereocenters. The van der Waals surface area contributed by atoms with Crippen molar-refractivity contribution in [2.45, 2.75) is 31.5 Å². The fourth-order valence-electron chi connectivity index (χ4n) is 1.86. The van der Waals surface area contributed by atoms with Crippen LogP contribution in [0.1, 0.15) is 18.4 Å². The van der Waals surface area contributed by atoms with Gasteiger partial charge in [-0.05, 0) is 25.5 Å². The molecule has 17 heavy (non-hydrogen) atoms. The summed E-state index contributed by atoms with van der Waals surface area (Å²) in [5, 5.41) is 5.90. The van der Waals surface area contributed by atoms with E-state index >= 15 is 0 Å². The van der Waals surface area contributed by atoms with E-state index in [0.717, 1.165) is 18.4 Å². The average Bonchev–Trinajstić information content (AvgIpc) is 2.32. The lowest BCUT2D eigenvalue weighted by molar-refractivity contribution is 0.0336. The molecule has 4 nitrogen and oxygen atoms in total. The number of hydrogen-bond acceptors (Lipinski definition) is 3. The van der Waals surface area contributed by atoms with Crippen molar-refractivity contribution in [1.29, 1.82) is 0 Å². The van der Waals surface area contributed by atoms with Crippen LogP contribution in [0.5, 0.6) is 0 Å². The first-order valence-electron chi connectivity index (χ1n) is 5.93. The van der Waals surface area contributed by atoms with Crippen LogP contribution in [0.15, 0.2) is 30.3 Å². The Balaban J connectivity index is 1.65. The van der Waals surface area contributed by atoms with Crippen molar-refractivity contribution in [3.63, 3.8) is 0 Å². The monoisotopic (exact) mass is 234 g/mol. The maximum absolute atomic E-state index is 11.5. The Bertz CT molecular complexity index is 361. The second-order valence-corrected chi connectivity index (χ2v) is 4.32. The molecule has 1 aliphatic rings. The van der Waals surface area contributed by atoms with Crippen molar-refractivity contribution in [2.75, 3.05) is 7.05 Å². The molecule has 1 fully saturated rings. The van der Waals surface area contributed by atoms with Crippen molar-refractivity contribution in [1.82, 2.24) is 10.6 Å². The van der Waals surface area contributed by atoms with Crippen LogP contribution < -0.4 is 10.6 Å². The van der Waals surface area contributed by atoms with Crippen LogP contribution in [0.4, 0.5) is 4.79 Å². The highest BCUT2D eigenvalue weighted by Gasteiger charge is 2.30. The summed E-state index contributed by atoms with van der Waals surface area (Å²) in [6, 6.07) is 10.3. The van der Waals surface area contributed by atoms with Crippen LogP contribution in [0.25, 0.3) is 0 Å². The quantitative estimate of drug-likeness (QED) is 0.833. The number of benzene rings is 1. The minimum atomic E-state index is -0.326. The minimum Gasteiger partial charge on any atom is -0.446 e. The van der Waals surface area contributed by atoms with E-state index in [9.17, 15) is 4.79 Å². The molecule has 1 aromatic carbocycles. The summed E-state index contributed by atoms with van der Waals surface area (Å²) >= 11 is 0. The van der Waals surface area contributed by atoms with Gasteiger partial charge in [0.1, 0.15) is 6.10 Å². The van der Waals surface area contributed by atoms with Gasteiger partial charge in [-0.2, -0.15) is 0 Å². The maximum Gasteiger partial charge on any atom is 0.407 e. The minimum absolute atomic E-state index is 0.0724. The highest BCUT2D eigenvalue weighted by Crippen LogP contribution is 2.22. The Hall–Kier alpha value is -1.55. The molecule has 1 amide bonds. The standard InChI is InChI=1S/C13H18N2O2/c1-14-11-7-12(8-11)17-13(16)15-9-10-5-3-2-4-6-10/h2-6,11-12,14H,7-9H2,1H3,(H,15,16). The van der Waals surface area contributed by atoms with Crippen molar-refractivity contribution in [3.8, 4) is 0 Å². The Morgan fingerprint density at radius 3 is 2.71 bits per heavy atom. The Labute approximate surface area is 101 Å². The molecule has 0 saturated heterocycles. The van der Waals surface area contributed by atoms with Crippen molar-refractivity contribution in [2.24, 2.45) is 0 Å². The van der Waals surface area contributed by atoms with Gasteiger partial charge in [0.2, 0.25) is 0 Å². The van der Waals surface area contributed by atoms with E-state index in [4.69, 9.17) is 4.74 Å². The number of nitrogens with one attached hydrogen (secondary N) is 2. The molecule has 4 heteroatoms. The SMILES string of the molecule is CNC1CC(OC(=O)NCc2ccccc2)C1. The highest BCUT2D eigenvalue weighted by atomic mass is 16.6. The van der Waals surface area contributed by atoms with E-state index in [1.54, 1.807) is 0 Å². The molecular formula is C13H18N2O2. The predicted molar refractivity (Wildman–Crippen MR) is 65.6 cm³/mol. The van der Waals surface area contributed by atoms with Crippen LogP contribution >= 0.6 is 0 Å². The molecule has 0 atom stereocenters. The maximum atomic E-state index is 11.5. The third kappa shape index (κ3) is 3.46. The second kappa shape index (κ2) is 5.68. The fourth-order valence-corrected chi connectivity index (χ4v) is 1.86. The summed E-state index contributed by atoms with van der Waals surface area (Å²) in [5.41, 5.74) is 1.08. The van der Waals surface area contributed by atoms with Gasteiger partial charge in [-0.15, -0.1) is 0 Å². The number of hydrogen-bond donors (Lipinski definition) is 2. The third-order valence-electron chi connectivity index (χ3n) is 3.06. The van der Waals surface area contributed by atoms with Crippen LogP contribution in [-0.2, 0) is 11.3 Å². The van der Waals surface area contributed by atoms with E-state index in [-0.39, 0.29) is 12.2 Å². The van der Waals surface area contributed by atoms with Gasteiger partial charge < -0.3 is 15.4 Å². The lowest BCUT2D eigenvalue weighted by Gasteiger charge is -2.34. The molecule has 0 aromatic heterocycles. The van der Waals surface area contributed by atoms with Gasteiger partial charge in [-0.3, -0.25) is 0 Å². The summed E-state index contributed by atoms with van der Waals surface area (Å²) in [6.45, 7) is 0.516. The largest absolute Gasteiger partial charge is 0.446 e. The third-order valence-corrected chi connectivity index (χ3v) is 3.06. The first kappa shape index (κ1) is 11.9. The van der Waals surface area contributed by atoms with Gasteiger partial charge >= 0.3 is 6.09 Å². The van der Waals surface area contributed by atoms with Crippen molar-refractivity contribution in [3.05, 3.63) is 35.9 Å². The summed E-state index contributed by atoms with van der Waals surface area (Å²) < 4.78 is 5.25. The molecule has 0 bridgehead atoms. The molecule has 92 valence electrons. The van der Waals surface area contributed by atoms with Gasteiger partial charge in [-0.25, -0.2) is 4.79 Å². The summed E-state index contributed by atoms with van der Waals surface area (Å²) in [4.78, 5) is 11.5. The zero-order chi connectivity index (χ0) is 12.1. The number of carbonyl (C=O) groups excluding carboxylic acids is 1. The number of ether oxygens (including phenoxy) is 1. The molecule has 1 saturated carbocycles. The average molecular weight is 234 g/mol. The molecule has 0 radical (unpaired) electrons. The van der Waals surface area contributed by atoms with Crippen LogP contribution in [0.3, 0.4) is 0 Å². The molecule has 1 aromatic rings. The van der Waals surface area contributed by atoms with Crippen LogP contribution in [0, 0.1) is 0 Å². The topological polar surface area (TPSA) is 50.4 Å². The smallest absolute Gasteiger partial charge is 0.407 e. The normalized spacial score (nSPS) is 22.6. The number of amides is 1. The molecular weight excluding hydrogens is 216 g/mol. The Morgan fingerprint density at radius 1 is 1.35 bits per heavy atom. The van der Waals surface area contributed by atoms with Crippen LogP contribution in [0.2, 0.25) is 0 Å². The second-order valence-electron chi connectivity index (χ2n) is 4.32. The molecule has 0 spiro atoms. The summed E-state index contributed by atoms with van der Waals surface area (Å²) in [5.74, 6) is 0. The van der Waals surface area contributed by atoms with E-state index in [2.05, 4.69) is 10.6 Å². The van der Waals surface area contributed by atoms with Gasteiger partial charge in [0.05, 0.1) is 0 Å². The van der Waals surface area contributed by atoms with Gasteiger partial charge in [0.15, 0.2) is 0 Å². The van der Waals surface area contributed by atoms with Crippen LogP contribution in [-0.4, -0.2) is 25.3 Å². The lowest BCUT2D eigenvalue weighted by atomic mass is 9.89. The zero-order valence-corrected chi connectivity index (χ0v) is 9.98. The Morgan fingerprint density at radius 2 is 2.06 bits per heavy atom. The Kier molecular flexibility index (Phi) is 3.98. The van der Waals surface area contributed by atoms with Gasteiger partial charge in [-0.1, -0.05) is 30.3 Å². The number of rotatable bonds is 4. The first-order chi connectivity index (χ1) is 8.28. The van der Waals surface area contributed by atoms with Crippen molar-refractivity contribution >= 4 is 6.09 Å². The first-order valence-corrected chi connectivity index (χ1v) is 5.93. The molecule has 1 aliphatic carbocycles. The molecule has 0 aliphatic heterocycles. The number of carbonyl (C=O) groups is 1. The summed E-state index contributed by atoms with van der Waals surface area (Å²) in [6.07, 6.45) is 1.57. The molecule has 0 heterocycles. The molecule has 2 N–H and O–H groups in total.